The zero-order valence-corrected chi connectivity index (χ0v) is 15.6. The van der Waals surface area contributed by atoms with Crippen LogP contribution in [0.1, 0.15) is 23.1 Å². The van der Waals surface area contributed by atoms with Crippen molar-refractivity contribution in [1.29, 1.82) is 0 Å². The number of carbonyl (C=O) groups is 1. The van der Waals surface area contributed by atoms with E-state index in [0.717, 1.165) is 22.6 Å². The van der Waals surface area contributed by atoms with Crippen molar-refractivity contribution >= 4 is 32.6 Å². The van der Waals surface area contributed by atoms with Crippen molar-refractivity contribution in [3.8, 4) is 0 Å². The van der Waals surface area contributed by atoms with Gasteiger partial charge in [0.05, 0.1) is 24.2 Å². The number of hydrogen-bond acceptors (Lipinski definition) is 6. The molecule has 1 aromatic heterocycles. The first kappa shape index (κ1) is 17.8. The van der Waals surface area contributed by atoms with Crippen LogP contribution in [0.15, 0.2) is 29.2 Å². The largest absolute Gasteiger partial charge is 0.453 e. The number of fused-ring (bicyclic) bond motifs is 1. The maximum absolute atomic E-state index is 12.8. The third-order valence-electron chi connectivity index (χ3n) is 4.06. The first-order chi connectivity index (χ1) is 11.9. The highest BCUT2D eigenvalue weighted by molar-refractivity contribution is 7.89. The van der Waals surface area contributed by atoms with Crippen molar-refractivity contribution in [1.82, 2.24) is 9.29 Å². The molecule has 1 aliphatic heterocycles. The van der Waals surface area contributed by atoms with Gasteiger partial charge in [-0.15, -0.1) is 0 Å². The molecule has 1 N–H and O–H groups in total. The zero-order valence-electron chi connectivity index (χ0n) is 14.0. The molecule has 9 heteroatoms. The van der Waals surface area contributed by atoms with E-state index in [1.54, 1.807) is 12.1 Å². The molecule has 7 nitrogen and oxygen atoms in total. The summed E-state index contributed by atoms with van der Waals surface area (Å²) in [6, 6.07) is 6.99. The van der Waals surface area contributed by atoms with E-state index < -0.39 is 16.1 Å². The Kier molecular flexibility index (Phi) is 5.07. The van der Waals surface area contributed by atoms with Gasteiger partial charge in [-0.3, -0.25) is 5.32 Å². The number of sulfonamides is 1. The Morgan fingerprint density at radius 2 is 2.08 bits per heavy atom. The van der Waals surface area contributed by atoms with Crippen LogP contribution in [0.25, 0.3) is 0 Å². The van der Waals surface area contributed by atoms with Gasteiger partial charge in [-0.1, -0.05) is 30.4 Å². The van der Waals surface area contributed by atoms with Gasteiger partial charge in [0.2, 0.25) is 10.0 Å². The molecule has 0 spiro atoms. The Morgan fingerprint density at radius 1 is 1.36 bits per heavy atom. The summed E-state index contributed by atoms with van der Waals surface area (Å²) in [5.41, 5.74) is 1.92. The Bertz CT molecular complexity index is 875. The molecule has 0 radical (unpaired) electrons. The number of nitrogens with one attached hydrogen (secondary N) is 1. The van der Waals surface area contributed by atoms with Gasteiger partial charge in [0.25, 0.3) is 0 Å². The summed E-state index contributed by atoms with van der Waals surface area (Å²) in [4.78, 5) is 16.8. The second kappa shape index (κ2) is 7.11. The molecule has 0 aliphatic carbocycles. The number of amides is 1. The molecule has 1 aromatic carbocycles. The number of aromatic nitrogens is 1. The molecule has 0 atom stereocenters. The molecule has 0 saturated carbocycles. The fraction of sp³-hybridized carbons (Fsp3) is 0.375. The summed E-state index contributed by atoms with van der Waals surface area (Å²) in [6.07, 6.45) is 0.789. The van der Waals surface area contributed by atoms with Crippen LogP contribution in [0, 0.1) is 0 Å². The van der Waals surface area contributed by atoms with Crippen LogP contribution in [-0.4, -0.2) is 37.5 Å². The van der Waals surface area contributed by atoms with Gasteiger partial charge in [0.1, 0.15) is 0 Å². The average Bonchev–Trinajstić information content (AvgIpc) is 3.02. The van der Waals surface area contributed by atoms with Crippen molar-refractivity contribution in [3.63, 3.8) is 0 Å². The summed E-state index contributed by atoms with van der Waals surface area (Å²) < 4.78 is 31.7. The van der Waals surface area contributed by atoms with E-state index in [4.69, 9.17) is 0 Å². The number of nitrogens with zero attached hydrogens (tertiary/aromatic N) is 2. The molecule has 1 amide bonds. The number of aryl methyl sites for hydroxylation is 1. The fourth-order valence-corrected chi connectivity index (χ4v) is 5.12. The molecule has 0 bridgehead atoms. The predicted molar refractivity (Wildman–Crippen MR) is 95.3 cm³/mol. The van der Waals surface area contributed by atoms with Crippen molar-refractivity contribution in [2.45, 2.75) is 31.2 Å². The van der Waals surface area contributed by atoms with Crippen molar-refractivity contribution in [2.75, 3.05) is 19.0 Å². The van der Waals surface area contributed by atoms with E-state index in [1.807, 2.05) is 19.1 Å². The van der Waals surface area contributed by atoms with Crippen LogP contribution in [-0.2, 0) is 34.1 Å². The van der Waals surface area contributed by atoms with Crippen molar-refractivity contribution in [2.24, 2.45) is 0 Å². The monoisotopic (exact) mass is 381 g/mol. The highest BCUT2D eigenvalue weighted by Crippen LogP contribution is 2.31. The number of carbonyl (C=O) groups excluding carboxylic acids is 1. The molecule has 134 valence electrons. The molecule has 2 heterocycles. The van der Waals surface area contributed by atoms with Crippen molar-refractivity contribution < 1.29 is 17.9 Å². The van der Waals surface area contributed by atoms with Crippen LogP contribution in [0.5, 0.6) is 0 Å². The molecule has 0 saturated heterocycles. The van der Waals surface area contributed by atoms with E-state index >= 15 is 0 Å². The molecule has 3 rings (SSSR count). The minimum Gasteiger partial charge on any atom is -0.453 e. The molecular formula is C16H19N3O4S2. The van der Waals surface area contributed by atoms with Gasteiger partial charge in [-0.2, -0.15) is 4.31 Å². The summed E-state index contributed by atoms with van der Waals surface area (Å²) in [5.74, 6) is 0. The second-order valence-electron chi connectivity index (χ2n) is 5.59. The van der Waals surface area contributed by atoms with Crippen LogP contribution >= 0.6 is 11.3 Å². The third kappa shape index (κ3) is 3.68. The number of ether oxygens (including phenoxy) is 1. The summed E-state index contributed by atoms with van der Waals surface area (Å²) >= 11 is 1.27. The highest BCUT2D eigenvalue weighted by Gasteiger charge is 2.30. The van der Waals surface area contributed by atoms with Crippen LogP contribution in [0.4, 0.5) is 9.93 Å². The van der Waals surface area contributed by atoms with E-state index in [9.17, 15) is 13.2 Å². The topological polar surface area (TPSA) is 88.6 Å². The number of anilines is 1. The van der Waals surface area contributed by atoms with E-state index in [-0.39, 0.29) is 6.54 Å². The SMILES string of the molecule is CCc1ccc(S(=O)(=O)N2CCc3nc(NC(=O)OC)sc3C2)cc1. The lowest BCUT2D eigenvalue weighted by Gasteiger charge is -2.25. The lowest BCUT2D eigenvalue weighted by molar-refractivity contribution is 0.187. The maximum atomic E-state index is 12.8. The van der Waals surface area contributed by atoms with Gasteiger partial charge >= 0.3 is 6.09 Å². The molecule has 25 heavy (non-hydrogen) atoms. The molecule has 0 unspecified atom stereocenters. The first-order valence-electron chi connectivity index (χ1n) is 7.86. The Labute approximate surface area is 150 Å². The normalized spacial score (nSPS) is 14.8. The van der Waals surface area contributed by atoms with Gasteiger partial charge < -0.3 is 4.74 Å². The highest BCUT2D eigenvalue weighted by atomic mass is 32.2. The van der Waals surface area contributed by atoms with E-state index in [2.05, 4.69) is 15.0 Å². The van der Waals surface area contributed by atoms with Crippen molar-refractivity contribution in [3.05, 3.63) is 40.4 Å². The van der Waals surface area contributed by atoms with E-state index in [0.29, 0.717) is 23.0 Å². The quantitative estimate of drug-likeness (QED) is 0.879. The fourth-order valence-electron chi connectivity index (χ4n) is 2.62. The maximum Gasteiger partial charge on any atom is 0.413 e. The number of hydrogen-bond donors (Lipinski definition) is 1. The van der Waals surface area contributed by atoms with Gasteiger partial charge in [-0.25, -0.2) is 18.2 Å². The molecule has 0 fully saturated rings. The van der Waals surface area contributed by atoms with Crippen LogP contribution < -0.4 is 5.32 Å². The molecular weight excluding hydrogens is 362 g/mol. The Morgan fingerprint density at radius 3 is 2.72 bits per heavy atom. The van der Waals surface area contributed by atoms with Crippen LogP contribution in [0.2, 0.25) is 0 Å². The van der Waals surface area contributed by atoms with Gasteiger partial charge in [0, 0.05) is 17.8 Å². The Hall–Kier alpha value is -1.97. The molecule has 1 aliphatic rings. The number of methoxy groups -OCH3 is 1. The van der Waals surface area contributed by atoms with Gasteiger partial charge in [0.15, 0.2) is 5.13 Å². The second-order valence-corrected chi connectivity index (χ2v) is 8.61. The first-order valence-corrected chi connectivity index (χ1v) is 10.1. The lowest BCUT2D eigenvalue weighted by Crippen LogP contribution is -2.35. The van der Waals surface area contributed by atoms with E-state index in [1.165, 1.54) is 22.8 Å². The standard InChI is InChI=1S/C16H19N3O4S2/c1-3-11-4-6-12(7-5-11)25(21,22)19-9-8-13-14(10-19)24-15(17-13)18-16(20)23-2/h4-7H,3,8-10H2,1-2H3,(H,17,18,20). The van der Waals surface area contributed by atoms with Crippen LogP contribution in [0.3, 0.4) is 0 Å². The minimum absolute atomic E-state index is 0.258. The zero-order chi connectivity index (χ0) is 18.0. The Balaban J connectivity index is 1.80. The predicted octanol–water partition coefficient (Wildman–Crippen LogP) is 2.63. The lowest BCUT2D eigenvalue weighted by atomic mass is 10.2. The molecule has 2 aromatic rings. The summed E-state index contributed by atoms with van der Waals surface area (Å²) in [7, 11) is -2.27. The smallest absolute Gasteiger partial charge is 0.413 e. The number of benzene rings is 1. The minimum atomic E-state index is -3.55. The third-order valence-corrected chi connectivity index (χ3v) is 6.92. The number of thiazole rings is 1. The summed E-state index contributed by atoms with van der Waals surface area (Å²) in [6.45, 7) is 2.65. The van der Waals surface area contributed by atoms with Gasteiger partial charge in [-0.05, 0) is 24.1 Å². The summed E-state index contributed by atoms with van der Waals surface area (Å²) in [5, 5.41) is 2.94. The average molecular weight is 381 g/mol. The number of rotatable bonds is 4.